The van der Waals surface area contributed by atoms with Gasteiger partial charge in [0.25, 0.3) is 0 Å². The fourth-order valence-electron chi connectivity index (χ4n) is 11.8. The van der Waals surface area contributed by atoms with Crippen LogP contribution >= 0.6 is 17.0 Å². The Morgan fingerprint density at radius 2 is 0.653 bits per heavy atom. The number of hydrogen-bond acceptors (Lipinski definition) is 0. The van der Waals surface area contributed by atoms with E-state index in [2.05, 4.69) is 271 Å². The summed E-state index contributed by atoms with van der Waals surface area (Å²) in [5.74, 6) is -2.00. The van der Waals surface area contributed by atoms with Gasteiger partial charge in [0.15, 0.2) is 0 Å². The molecule has 0 heterocycles. The first-order valence-corrected chi connectivity index (χ1v) is 43.1. The van der Waals surface area contributed by atoms with E-state index in [0.29, 0.717) is 0 Å². The molecule has 6 aromatic rings. The van der Waals surface area contributed by atoms with Crippen LogP contribution in [-0.2, 0) is 48.0 Å². The van der Waals surface area contributed by atoms with Crippen LogP contribution in [0.4, 0.5) is 0 Å². The number of halogens is 2. The second kappa shape index (κ2) is 18.4. The molecule has 2 unspecified atom stereocenters. The molecule has 0 saturated carbocycles. The minimum atomic E-state index is -5.51. The molecule has 4 heteroatoms. The molecule has 0 fully saturated rings. The quantitative estimate of drug-likeness (QED) is 0.140. The number of hydrogen-bond donors (Lipinski definition) is 0. The summed E-state index contributed by atoms with van der Waals surface area (Å²) in [6, 6.07) is 47.0. The molecular formula is C68H85Cl2SiZr. The van der Waals surface area contributed by atoms with Gasteiger partial charge in [0.05, 0.1) is 0 Å². The summed E-state index contributed by atoms with van der Waals surface area (Å²) in [4.78, 5) is 0. The summed E-state index contributed by atoms with van der Waals surface area (Å²) in [6.07, 6.45) is 5.11. The van der Waals surface area contributed by atoms with Gasteiger partial charge < -0.3 is 0 Å². The van der Waals surface area contributed by atoms with Gasteiger partial charge in [-0.2, -0.15) is 0 Å². The Balaban J connectivity index is 1.52. The van der Waals surface area contributed by atoms with Crippen molar-refractivity contribution in [2.45, 2.75) is 177 Å². The van der Waals surface area contributed by atoms with Gasteiger partial charge in [-0.05, 0) is 0 Å². The molecule has 0 aliphatic heterocycles. The molecule has 0 spiro atoms. The van der Waals surface area contributed by atoms with Crippen molar-refractivity contribution in [1.29, 1.82) is 0 Å². The third kappa shape index (κ3) is 9.81. The molecule has 379 valence electrons. The third-order valence-electron chi connectivity index (χ3n) is 16.3. The number of fused-ring (bicyclic) bond motifs is 2. The number of rotatable bonds is 7. The molecule has 6 aromatic carbocycles. The first kappa shape index (κ1) is 54.7. The molecular weight excluding hydrogens is 1010 g/mol. The topological polar surface area (TPSA) is 0 Å². The first-order valence-electron chi connectivity index (χ1n) is 26.8. The van der Waals surface area contributed by atoms with Gasteiger partial charge in [-0.25, -0.2) is 0 Å². The van der Waals surface area contributed by atoms with Crippen molar-refractivity contribution in [2.24, 2.45) is 0 Å². The average molecular weight is 1090 g/mol. The van der Waals surface area contributed by atoms with Gasteiger partial charge in [-0.3, -0.25) is 0 Å². The number of benzene rings is 6. The zero-order valence-corrected chi connectivity index (χ0v) is 52.8. The molecule has 0 radical (unpaired) electrons. The van der Waals surface area contributed by atoms with E-state index < -0.39 is 21.5 Å². The van der Waals surface area contributed by atoms with Crippen molar-refractivity contribution in [2.75, 3.05) is 0 Å². The molecule has 0 saturated heterocycles. The van der Waals surface area contributed by atoms with Crippen LogP contribution in [0.3, 0.4) is 0 Å². The molecule has 72 heavy (non-hydrogen) atoms. The third-order valence-corrected chi connectivity index (χ3v) is 67.9. The summed E-state index contributed by atoms with van der Waals surface area (Å²) < 4.78 is -0.324. The molecule has 2 aliphatic rings. The van der Waals surface area contributed by atoms with Gasteiger partial charge in [0.2, 0.25) is 0 Å². The SMILES string of the molecule is C[SiH](C)[Zr]([Cl])([Cl])([CH]1C(c2ccccc2)=Cc2c1ccc(C(C)(C)C)c2-c1cc(C(C)(C)C)cc(C(C)(C)C)c1)[CH]1C(c2ccccc2)=Cc2c1ccc(C(C)(C)C)c2-c1cc(C(C)(C)C)cc(C(C)(C)C)c1. The molecule has 0 N–H and O–H groups in total. The average Bonchev–Trinajstić information content (AvgIpc) is 3.88. The van der Waals surface area contributed by atoms with Crippen molar-refractivity contribution < 1.29 is 15.6 Å². The predicted octanol–water partition coefficient (Wildman–Crippen LogP) is 20.7. The standard InChI is InChI=1S/2C33H39.C2H7Si.2ClH.Zr/c2*1-31(2,3)26-18-25(19-27(21-26)32(4,5)6)30-28-20-24(22-13-11-10-12-14-22)17-23(28)15-16-29(30)33(7,8)9;1-3-2;;;/h2*10-21H,1-9H3;3H,1-2H3;2*1H;/q;;;;;+2/p-2. The van der Waals surface area contributed by atoms with E-state index in [0.717, 1.165) is 0 Å². The van der Waals surface area contributed by atoms with E-state index in [9.17, 15) is 17.0 Å². The van der Waals surface area contributed by atoms with Gasteiger partial charge >= 0.3 is 450 Å². The van der Waals surface area contributed by atoms with Crippen molar-refractivity contribution in [3.8, 4) is 22.3 Å². The van der Waals surface area contributed by atoms with Crippen LogP contribution < -0.4 is 0 Å². The summed E-state index contributed by atoms with van der Waals surface area (Å²) in [5, 5.41) is 0. The van der Waals surface area contributed by atoms with E-state index in [-0.39, 0.29) is 39.7 Å². The molecule has 0 nitrogen and oxygen atoms in total. The molecule has 2 aliphatic carbocycles. The van der Waals surface area contributed by atoms with E-state index in [1.165, 1.54) is 100 Å². The van der Waals surface area contributed by atoms with Crippen molar-refractivity contribution in [3.63, 3.8) is 0 Å². The predicted molar refractivity (Wildman–Crippen MR) is 321 cm³/mol. The summed E-state index contributed by atoms with van der Waals surface area (Å²) in [5.41, 5.74) is 23.0. The first-order chi connectivity index (χ1) is 33.0. The van der Waals surface area contributed by atoms with Gasteiger partial charge in [-0.15, -0.1) is 0 Å². The Morgan fingerprint density at radius 1 is 0.361 bits per heavy atom. The van der Waals surface area contributed by atoms with E-state index >= 15 is 0 Å². The second-order valence-corrected chi connectivity index (χ2v) is 70.8. The Kier molecular flexibility index (Phi) is 14.0. The maximum atomic E-state index is 9.44. The maximum absolute atomic E-state index is 9.44. The Labute approximate surface area is 446 Å². The van der Waals surface area contributed by atoms with E-state index in [1.807, 2.05) is 0 Å². The summed E-state index contributed by atoms with van der Waals surface area (Å²) >= 11 is -5.51. The summed E-state index contributed by atoms with van der Waals surface area (Å²) in [7, 11) is 18.9. The summed E-state index contributed by atoms with van der Waals surface area (Å²) in [6.45, 7) is 47.4. The van der Waals surface area contributed by atoms with Crippen LogP contribution in [-0.4, -0.2) is 5.92 Å². The van der Waals surface area contributed by atoms with E-state index in [1.54, 1.807) is 0 Å². The minimum absolute atomic E-state index is 0.0429. The Hall–Kier alpha value is -3.52. The van der Waals surface area contributed by atoms with Crippen LogP contribution in [0, 0.1) is 0 Å². The van der Waals surface area contributed by atoms with Crippen LogP contribution in [0.2, 0.25) is 13.1 Å². The van der Waals surface area contributed by atoms with Crippen molar-refractivity contribution >= 4 is 46.2 Å². The zero-order chi connectivity index (χ0) is 53.1. The van der Waals surface area contributed by atoms with Crippen LogP contribution in [0.1, 0.15) is 199 Å². The van der Waals surface area contributed by atoms with Crippen molar-refractivity contribution in [3.05, 3.63) is 188 Å². The zero-order valence-electron chi connectivity index (χ0n) is 47.7. The fraction of sp³-hybridized carbons (Fsp3) is 0.412. The van der Waals surface area contributed by atoms with E-state index in [4.69, 9.17) is 0 Å². The monoisotopic (exact) mass is 1090 g/mol. The molecule has 8 rings (SSSR count). The van der Waals surface area contributed by atoms with Gasteiger partial charge in [0, 0.05) is 0 Å². The molecule has 0 aromatic heterocycles. The Morgan fingerprint density at radius 3 is 0.903 bits per heavy atom. The van der Waals surface area contributed by atoms with Crippen LogP contribution in [0.25, 0.3) is 45.6 Å². The van der Waals surface area contributed by atoms with Crippen molar-refractivity contribution in [1.82, 2.24) is 0 Å². The molecule has 0 bridgehead atoms. The normalized spacial score (nSPS) is 17.3. The van der Waals surface area contributed by atoms with Crippen LogP contribution in [0.15, 0.2) is 121 Å². The van der Waals surface area contributed by atoms with Gasteiger partial charge in [-0.1, -0.05) is 0 Å². The van der Waals surface area contributed by atoms with Gasteiger partial charge in [0.1, 0.15) is 0 Å². The number of allylic oxidation sites excluding steroid dienone is 2. The Bertz CT molecular complexity index is 2850. The molecule has 2 atom stereocenters. The fourth-order valence-corrected chi connectivity index (χ4v) is 41.9. The second-order valence-electron chi connectivity index (χ2n) is 28.3. The molecule has 0 amide bonds. The van der Waals surface area contributed by atoms with Crippen LogP contribution in [0.5, 0.6) is 0 Å².